The molecule has 0 unspecified atom stereocenters. The molecule has 0 amide bonds. The Morgan fingerprint density at radius 3 is 2.59 bits per heavy atom. The number of aryl methyl sites for hydroxylation is 1. The van der Waals surface area contributed by atoms with E-state index in [1.54, 1.807) is 4.57 Å². The summed E-state index contributed by atoms with van der Waals surface area (Å²) in [6, 6.07) is 13.1. The molecule has 2 rings (SSSR count). The molecule has 1 aromatic heterocycles. The molecule has 0 bridgehead atoms. The predicted octanol–water partition coefficient (Wildman–Crippen LogP) is 3.41. The van der Waals surface area contributed by atoms with Crippen LogP contribution in [-0.4, -0.2) is 10.4 Å². The van der Waals surface area contributed by atoms with E-state index in [-0.39, 0.29) is 5.78 Å². The van der Waals surface area contributed by atoms with E-state index < -0.39 is 0 Å². The number of carbonyl (C=O) groups excluding carboxylic acids is 1. The number of benzene rings is 1. The van der Waals surface area contributed by atoms with E-state index in [1.165, 1.54) is 0 Å². The van der Waals surface area contributed by atoms with Crippen molar-refractivity contribution in [2.45, 2.75) is 13.5 Å². The van der Waals surface area contributed by atoms with Gasteiger partial charge in [0, 0.05) is 11.8 Å². The van der Waals surface area contributed by atoms with Gasteiger partial charge in [0.25, 0.3) is 0 Å². The van der Waals surface area contributed by atoms with Crippen LogP contribution in [0.15, 0.2) is 48.7 Å². The zero-order valence-corrected chi connectivity index (χ0v) is 10.4. The molecule has 0 aliphatic rings. The highest BCUT2D eigenvalue weighted by Crippen LogP contribution is 2.05. The average Bonchev–Trinajstić information content (AvgIpc) is 2.35. The molecule has 0 atom stereocenters. The van der Waals surface area contributed by atoms with Gasteiger partial charge < -0.3 is 4.57 Å². The zero-order chi connectivity index (χ0) is 12.3. The van der Waals surface area contributed by atoms with Crippen LogP contribution in [0.1, 0.15) is 15.9 Å². The minimum Gasteiger partial charge on any atom is -0.331 e. The number of ketones is 1. The number of pyridine rings is 1. The summed E-state index contributed by atoms with van der Waals surface area (Å²) in [5.41, 5.74) is 1.82. The third-order valence-electron chi connectivity index (χ3n) is 2.54. The first kappa shape index (κ1) is 11.7. The highest BCUT2D eigenvalue weighted by Gasteiger charge is 2.05. The summed E-state index contributed by atoms with van der Waals surface area (Å²) in [5, 5.41) is 0. The Bertz CT molecular complexity index is 587. The van der Waals surface area contributed by atoms with Crippen LogP contribution in [-0.2, 0) is 6.54 Å². The average molecular weight is 243 g/mol. The van der Waals surface area contributed by atoms with Crippen LogP contribution in [0, 0.1) is 11.6 Å². The maximum absolute atomic E-state index is 12.0. The largest absolute Gasteiger partial charge is 0.331 e. The number of aromatic nitrogens is 1. The summed E-state index contributed by atoms with van der Waals surface area (Å²) in [6.45, 7) is 2.28. The third-order valence-corrected chi connectivity index (χ3v) is 2.91. The Morgan fingerprint density at radius 1 is 1.18 bits per heavy atom. The Labute approximate surface area is 106 Å². The first-order valence-electron chi connectivity index (χ1n) is 5.42. The van der Waals surface area contributed by atoms with Gasteiger partial charge in [0.1, 0.15) is 4.64 Å². The fourth-order valence-electron chi connectivity index (χ4n) is 1.64. The minimum absolute atomic E-state index is 0.0762. The second-order valence-electron chi connectivity index (χ2n) is 3.96. The van der Waals surface area contributed by atoms with E-state index >= 15 is 0 Å². The molecule has 0 saturated carbocycles. The van der Waals surface area contributed by atoms with Crippen LogP contribution in [0.5, 0.6) is 0 Å². The van der Waals surface area contributed by atoms with E-state index in [9.17, 15) is 4.79 Å². The van der Waals surface area contributed by atoms with Crippen LogP contribution in [0.4, 0.5) is 0 Å². The molecule has 0 aliphatic carbocycles. The SMILES string of the molecule is Cc1ccc(=S)n(CC(=O)c2ccccc2)c1. The molecule has 1 heterocycles. The van der Waals surface area contributed by atoms with Crippen LogP contribution in [0.3, 0.4) is 0 Å². The first-order chi connectivity index (χ1) is 8.16. The van der Waals surface area contributed by atoms with Crippen molar-refractivity contribution in [1.29, 1.82) is 0 Å². The number of hydrogen-bond acceptors (Lipinski definition) is 2. The molecule has 0 spiro atoms. The Morgan fingerprint density at radius 2 is 1.88 bits per heavy atom. The highest BCUT2D eigenvalue weighted by atomic mass is 32.1. The Hall–Kier alpha value is -1.74. The van der Waals surface area contributed by atoms with Crippen molar-refractivity contribution in [2.75, 3.05) is 0 Å². The fourth-order valence-corrected chi connectivity index (χ4v) is 1.83. The lowest BCUT2D eigenvalue weighted by molar-refractivity contribution is 0.0971. The number of rotatable bonds is 3. The Kier molecular flexibility index (Phi) is 3.49. The van der Waals surface area contributed by atoms with Crippen LogP contribution < -0.4 is 0 Å². The summed E-state index contributed by atoms with van der Waals surface area (Å²) < 4.78 is 2.49. The second kappa shape index (κ2) is 5.06. The van der Waals surface area contributed by atoms with Crippen LogP contribution in [0.2, 0.25) is 0 Å². The minimum atomic E-state index is 0.0762. The molecule has 2 aromatic rings. The maximum Gasteiger partial charge on any atom is 0.182 e. The lowest BCUT2D eigenvalue weighted by Crippen LogP contribution is -2.11. The van der Waals surface area contributed by atoms with Crippen molar-refractivity contribution in [1.82, 2.24) is 4.57 Å². The molecule has 0 aliphatic heterocycles. The van der Waals surface area contributed by atoms with Crippen molar-refractivity contribution in [3.63, 3.8) is 0 Å². The Balaban J connectivity index is 2.25. The summed E-state index contributed by atoms with van der Waals surface area (Å²) >= 11 is 5.19. The van der Waals surface area contributed by atoms with Gasteiger partial charge in [-0.15, -0.1) is 0 Å². The van der Waals surface area contributed by atoms with Crippen LogP contribution >= 0.6 is 12.2 Å². The van der Waals surface area contributed by atoms with Crippen LogP contribution in [0.25, 0.3) is 0 Å². The predicted molar refractivity (Wildman–Crippen MR) is 70.8 cm³/mol. The monoisotopic (exact) mass is 243 g/mol. The van der Waals surface area contributed by atoms with Gasteiger partial charge >= 0.3 is 0 Å². The summed E-state index contributed by atoms with van der Waals surface area (Å²) in [5.74, 6) is 0.0762. The van der Waals surface area contributed by atoms with Crippen molar-refractivity contribution in [3.05, 3.63) is 64.4 Å². The number of nitrogens with zero attached hydrogens (tertiary/aromatic N) is 1. The molecule has 1 aromatic carbocycles. The summed E-state index contributed by atoms with van der Waals surface area (Å²) in [4.78, 5) is 12.0. The normalized spacial score (nSPS) is 10.2. The molecule has 0 saturated heterocycles. The van der Waals surface area contributed by atoms with E-state index in [1.807, 2.05) is 55.6 Å². The zero-order valence-electron chi connectivity index (χ0n) is 9.59. The van der Waals surface area contributed by atoms with Gasteiger partial charge in [-0.1, -0.05) is 48.6 Å². The lowest BCUT2D eigenvalue weighted by atomic mass is 10.1. The van der Waals surface area contributed by atoms with Crippen molar-refractivity contribution in [3.8, 4) is 0 Å². The van der Waals surface area contributed by atoms with Gasteiger partial charge in [-0.2, -0.15) is 0 Å². The van der Waals surface area contributed by atoms with Gasteiger partial charge in [-0.05, 0) is 18.6 Å². The van der Waals surface area contributed by atoms with Crippen molar-refractivity contribution < 1.29 is 4.79 Å². The number of Topliss-reactive ketones (excluding diaryl/α,β-unsaturated/α-hetero) is 1. The molecule has 0 N–H and O–H groups in total. The molecular formula is C14H13NOS. The van der Waals surface area contributed by atoms with Crippen molar-refractivity contribution >= 4 is 18.0 Å². The maximum atomic E-state index is 12.0. The summed E-state index contributed by atoms with van der Waals surface area (Å²) in [6.07, 6.45) is 1.91. The van der Waals surface area contributed by atoms with Gasteiger partial charge in [0.2, 0.25) is 0 Å². The van der Waals surface area contributed by atoms with Gasteiger partial charge in [0.05, 0.1) is 6.54 Å². The molecule has 0 radical (unpaired) electrons. The first-order valence-corrected chi connectivity index (χ1v) is 5.83. The van der Waals surface area contributed by atoms with E-state index in [0.29, 0.717) is 11.2 Å². The summed E-state index contributed by atoms with van der Waals surface area (Å²) in [7, 11) is 0. The molecule has 86 valence electrons. The highest BCUT2D eigenvalue weighted by molar-refractivity contribution is 7.71. The quantitative estimate of drug-likeness (QED) is 0.609. The number of hydrogen-bond donors (Lipinski definition) is 0. The molecule has 17 heavy (non-hydrogen) atoms. The molecule has 2 nitrogen and oxygen atoms in total. The molecule has 3 heteroatoms. The van der Waals surface area contributed by atoms with Crippen molar-refractivity contribution in [2.24, 2.45) is 0 Å². The van der Waals surface area contributed by atoms with E-state index in [4.69, 9.17) is 12.2 Å². The third kappa shape index (κ3) is 2.88. The molecular weight excluding hydrogens is 230 g/mol. The second-order valence-corrected chi connectivity index (χ2v) is 4.38. The topological polar surface area (TPSA) is 22.0 Å². The molecule has 0 fully saturated rings. The lowest BCUT2D eigenvalue weighted by Gasteiger charge is -2.07. The van der Waals surface area contributed by atoms with E-state index in [0.717, 1.165) is 11.1 Å². The van der Waals surface area contributed by atoms with Gasteiger partial charge in [-0.3, -0.25) is 4.79 Å². The van der Waals surface area contributed by atoms with Gasteiger partial charge in [-0.25, -0.2) is 0 Å². The standard InChI is InChI=1S/C14H13NOS/c1-11-7-8-14(17)15(9-11)10-13(16)12-5-3-2-4-6-12/h2-9H,10H2,1H3. The van der Waals surface area contributed by atoms with Gasteiger partial charge in [0.15, 0.2) is 5.78 Å². The number of carbonyl (C=O) groups is 1. The fraction of sp³-hybridized carbons (Fsp3) is 0.143. The van der Waals surface area contributed by atoms with E-state index in [2.05, 4.69) is 0 Å². The smallest absolute Gasteiger partial charge is 0.182 e.